The molecular weight excluding hydrogens is 248 g/mol. The molecule has 1 aliphatic carbocycles. The van der Waals surface area contributed by atoms with Crippen molar-refractivity contribution in [3.8, 4) is 0 Å². The topological polar surface area (TPSA) is 37.0 Å². The van der Waals surface area contributed by atoms with E-state index < -0.39 is 0 Å². The Labute approximate surface area is 124 Å². The summed E-state index contributed by atoms with van der Waals surface area (Å²) in [5.74, 6) is -0.699. The summed E-state index contributed by atoms with van der Waals surface area (Å²) in [6.45, 7) is 2.25. The standard InChI is InChI=1S/C18H29O2/c1-2-3-4-5-6-7-8-9-10-11-13-16-14-12-15-17(19)18(16)20/h12,14-16H,2-11,13H2,1H3. The van der Waals surface area contributed by atoms with Crippen molar-refractivity contribution in [2.45, 2.75) is 77.6 Å². The molecule has 1 radical (unpaired) electrons. The Hall–Kier alpha value is -1.05. The molecule has 0 aromatic rings. The third-order valence-corrected chi connectivity index (χ3v) is 4.04. The number of rotatable bonds is 11. The van der Waals surface area contributed by atoms with E-state index in [-0.39, 0.29) is 17.5 Å². The van der Waals surface area contributed by atoms with Gasteiger partial charge in [0.2, 0.25) is 11.5 Å². The molecule has 0 saturated heterocycles. The van der Waals surface area contributed by atoms with Crippen molar-refractivity contribution < 1.29 is 9.90 Å². The third kappa shape index (κ3) is 6.93. The van der Waals surface area contributed by atoms with Crippen LogP contribution < -0.4 is 0 Å². The first-order valence-corrected chi connectivity index (χ1v) is 8.35. The Morgan fingerprint density at radius 2 is 1.45 bits per heavy atom. The smallest absolute Gasteiger partial charge is 0.222 e. The number of ketones is 1. The van der Waals surface area contributed by atoms with Crippen LogP contribution in [0.4, 0.5) is 0 Å². The van der Waals surface area contributed by atoms with Crippen LogP contribution in [0.25, 0.3) is 0 Å². The van der Waals surface area contributed by atoms with Crippen molar-refractivity contribution in [2.75, 3.05) is 0 Å². The maximum Gasteiger partial charge on any atom is 0.222 e. The van der Waals surface area contributed by atoms with E-state index in [1.165, 1.54) is 63.9 Å². The van der Waals surface area contributed by atoms with Crippen LogP contribution in [0.1, 0.15) is 77.6 Å². The van der Waals surface area contributed by atoms with Crippen LogP contribution >= 0.6 is 0 Å². The van der Waals surface area contributed by atoms with Gasteiger partial charge in [-0.2, -0.15) is 0 Å². The maximum absolute atomic E-state index is 11.6. The van der Waals surface area contributed by atoms with Gasteiger partial charge in [-0.3, -0.25) is 9.90 Å². The second-order valence-corrected chi connectivity index (χ2v) is 5.86. The highest BCUT2D eigenvalue weighted by molar-refractivity contribution is 5.97. The first-order valence-electron chi connectivity index (χ1n) is 8.35. The van der Waals surface area contributed by atoms with Gasteiger partial charge in [-0.25, -0.2) is 0 Å². The van der Waals surface area contributed by atoms with E-state index in [4.69, 9.17) is 0 Å². The van der Waals surface area contributed by atoms with Crippen LogP contribution in [0.15, 0.2) is 24.0 Å². The van der Waals surface area contributed by atoms with E-state index >= 15 is 0 Å². The fourth-order valence-electron chi connectivity index (χ4n) is 2.71. The van der Waals surface area contributed by atoms with Crippen molar-refractivity contribution in [3.05, 3.63) is 24.0 Å². The Morgan fingerprint density at radius 1 is 0.900 bits per heavy atom. The summed E-state index contributed by atoms with van der Waals surface area (Å²) in [6.07, 6.45) is 18.8. The lowest BCUT2D eigenvalue weighted by molar-refractivity contribution is -0.121. The number of hydrogen-bond acceptors (Lipinski definition) is 1. The fraction of sp³-hybridized carbons (Fsp3) is 0.722. The minimum absolute atomic E-state index is 0.151. The van der Waals surface area contributed by atoms with Crippen LogP contribution in [0.3, 0.4) is 0 Å². The van der Waals surface area contributed by atoms with Gasteiger partial charge in [-0.15, -0.1) is 0 Å². The molecule has 1 aliphatic rings. The average Bonchev–Trinajstić information content (AvgIpc) is 2.45. The number of carbonyl (C=O) groups excluding carboxylic acids is 1. The Bertz CT molecular complexity index is 328. The number of allylic oxidation sites excluding steroid dienone is 4. The Balaban J connectivity index is 1.91. The van der Waals surface area contributed by atoms with Crippen LogP contribution in [-0.4, -0.2) is 5.78 Å². The molecule has 113 valence electrons. The average molecular weight is 277 g/mol. The lowest BCUT2D eigenvalue weighted by Crippen LogP contribution is -2.16. The predicted molar refractivity (Wildman–Crippen MR) is 82.9 cm³/mol. The monoisotopic (exact) mass is 277 g/mol. The van der Waals surface area contributed by atoms with Crippen molar-refractivity contribution in [1.82, 2.24) is 0 Å². The van der Waals surface area contributed by atoms with Crippen LogP contribution in [0.5, 0.6) is 0 Å². The minimum Gasteiger partial charge on any atom is -0.290 e. The molecule has 0 aliphatic heterocycles. The summed E-state index contributed by atoms with van der Waals surface area (Å²) in [7, 11) is 0. The van der Waals surface area contributed by atoms with Crippen molar-refractivity contribution in [2.24, 2.45) is 5.92 Å². The predicted octanol–water partition coefficient (Wildman–Crippen LogP) is 5.37. The largest absolute Gasteiger partial charge is 0.290 e. The molecule has 20 heavy (non-hydrogen) atoms. The number of unbranched alkanes of at least 4 members (excludes halogenated alkanes) is 9. The van der Waals surface area contributed by atoms with Crippen LogP contribution in [0, 0.1) is 5.92 Å². The molecule has 0 aromatic heterocycles. The van der Waals surface area contributed by atoms with Crippen LogP contribution in [-0.2, 0) is 9.90 Å². The molecule has 0 fully saturated rings. The van der Waals surface area contributed by atoms with Gasteiger partial charge in [0, 0.05) is 5.92 Å². The molecule has 0 amide bonds. The van der Waals surface area contributed by atoms with Gasteiger partial charge in [0.1, 0.15) is 0 Å². The molecule has 1 atom stereocenters. The van der Waals surface area contributed by atoms with E-state index in [0.29, 0.717) is 0 Å². The van der Waals surface area contributed by atoms with Gasteiger partial charge < -0.3 is 0 Å². The Kier molecular flexibility index (Phi) is 9.10. The highest BCUT2D eigenvalue weighted by Gasteiger charge is 2.22. The van der Waals surface area contributed by atoms with E-state index in [1.807, 2.05) is 6.08 Å². The quantitative estimate of drug-likeness (QED) is 0.468. The van der Waals surface area contributed by atoms with Gasteiger partial charge >= 0.3 is 0 Å². The second kappa shape index (κ2) is 10.7. The minimum atomic E-state index is -0.329. The second-order valence-electron chi connectivity index (χ2n) is 5.86. The van der Waals surface area contributed by atoms with Gasteiger partial charge in [0.15, 0.2) is 0 Å². The summed E-state index contributed by atoms with van der Waals surface area (Å²) in [6, 6.07) is 0. The zero-order chi connectivity index (χ0) is 14.6. The summed E-state index contributed by atoms with van der Waals surface area (Å²) < 4.78 is 0. The number of Topliss-reactive ketones (excluding diaryl/α,β-unsaturated/α-hetero) is 1. The summed E-state index contributed by atoms with van der Waals surface area (Å²) in [5, 5.41) is 11.2. The fourth-order valence-corrected chi connectivity index (χ4v) is 2.71. The highest BCUT2D eigenvalue weighted by Crippen LogP contribution is 2.20. The van der Waals surface area contributed by atoms with Gasteiger partial charge in [0.05, 0.1) is 0 Å². The first-order chi connectivity index (χ1) is 9.75. The van der Waals surface area contributed by atoms with Gasteiger partial charge in [0.25, 0.3) is 0 Å². The molecule has 1 rings (SSSR count). The molecule has 0 bridgehead atoms. The van der Waals surface area contributed by atoms with Gasteiger partial charge in [-0.1, -0.05) is 83.3 Å². The van der Waals surface area contributed by atoms with Crippen LogP contribution in [0.2, 0.25) is 0 Å². The van der Waals surface area contributed by atoms with Crippen molar-refractivity contribution in [3.63, 3.8) is 0 Å². The Morgan fingerprint density at radius 3 is 2.05 bits per heavy atom. The summed E-state index contributed by atoms with van der Waals surface area (Å²) in [4.78, 5) is 11.6. The van der Waals surface area contributed by atoms with E-state index in [9.17, 15) is 9.90 Å². The van der Waals surface area contributed by atoms with Crippen molar-refractivity contribution in [1.29, 1.82) is 0 Å². The lowest BCUT2D eigenvalue weighted by Gasteiger charge is -2.12. The molecule has 0 N–H and O–H groups in total. The molecule has 0 aromatic carbocycles. The maximum atomic E-state index is 11.6. The number of carbonyl (C=O) groups is 1. The molecule has 1 unspecified atom stereocenters. The highest BCUT2D eigenvalue weighted by atomic mass is 16.3. The normalized spacial score (nSPS) is 18.4. The SMILES string of the molecule is CCCCCCCCCCCCC1C=CC=C([O])C1=O. The molecule has 0 heterocycles. The lowest BCUT2D eigenvalue weighted by atomic mass is 9.92. The molecule has 0 saturated carbocycles. The molecule has 0 spiro atoms. The first kappa shape index (κ1) is 17.0. The van der Waals surface area contributed by atoms with E-state index in [0.717, 1.165) is 12.8 Å². The molecule has 2 heteroatoms. The zero-order valence-electron chi connectivity index (χ0n) is 12.9. The third-order valence-electron chi connectivity index (χ3n) is 4.04. The summed E-state index contributed by atoms with van der Waals surface area (Å²) in [5.41, 5.74) is 0. The van der Waals surface area contributed by atoms with Crippen molar-refractivity contribution >= 4 is 5.78 Å². The van der Waals surface area contributed by atoms with E-state index in [1.54, 1.807) is 6.08 Å². The van der Waals surface area contributed by atoms with E-state index in [2.05, 4.69) is 6.92 Å². The van der Waals surface area contributed by atoms with Gasteiger partial charge in [-0.05, 0) is 12.5 Å². The molecular formula is C18H29O2. The number of hydrogen-bond donors (Lipinski definition) is 0. The summed E-state index contributed by atoms with van der Waals surface area (Å²) >= 11 is 0. The molecule has 2 nitrogen and oxygen atoms in total. The zero-order valence-corrected chi connectivity index (χ0v) is 12.9.